The second-order valence-electron chi connectivity index (χ2n) is 25.1. The van der Waals surface area contributed by atoms with Crippen LogP contribution in [0.3, 0.4) is 0 Å². The lowest BCUT2D eigenvalue weighted by Gasteiger charge is -2.44. The Morgan fingerprint density at radius 1 is 0.538 bits per heavy atom. The molecule has 7 rings (SSSR count). The second-order valence-corrected chi connectivity index (χ2v) is 25.1. The lowest BCUT2D eigenvalue weighted by Crippen LogP contribution is -2.51. The van der Waals surface area contributed by atoms with Crippen molar-refractivity contribution in [2.45, 2.75) is 120 Å². The molecule has 2 aliphatic heterocycles. The number of carboxylic acid groups (broad SMARTS) is 5. The first-order valence-corrected chi connectivity index (χ1v) is 34.0. The average molecular weight is 1450 g/mol. The van der Waals surface area contributed by atoms with E-state index in [4.69, 9.17) is 24.1 Å². The fourth-order valence-corrected chi connectivity index (χ4v) is 12.0. The Morgan fingerprint density at radius 2 is 1.09 bits per heavy atom. The minimum atomic E-state index is -1.53. The zero-order valence-electron chi connectivity index (χ0n) is 57.1. The summed E-state index contributed by atoms with van der Waals surface area (Å²) in [7, 11) is 0. The lowest BCUT2D eigenvalue weighted by molar-refractivity contribution is -0.141. The SMILES string of the molecule is O=C(O)CCC(NC(=O)NC(CCCCNC(=O)CCCCCNC(=O)CCc1ccc(O)c(CN(CCN(CC(=O)O)Cc2cc(CCC(=O)NCCOCCOCCNC(=O)Nc3ccc4c(c3)C(=O)OC43c4ccc(O)cc4OC4C=C(O)C=CC43)ccc2O)CC(=O)O)c1)C(=O)O)C(=O)O. The van der Waals surface area contributed by atoms with Crippen molar-refractivity contribution >= 4 is 71.3 Å². The maximum absolute atomic E-state index is 13.5. The van der Waals surface area contributed by atoms with Crippen molar-refractivity contribution < 1.29 is 118 Å². The topological polar surface area (TPSA) is 497 Å². The molecule has 16 N–H and O–H groups in total. The number of aryl methyl sites for hydroxylation is 2. The zero-order valence-corrected chi connectivity index (χ0v) is 57.1. The van der Waals surface area contributed by atoms with Gasteiger partial charge in [-0.05, 0) is 111 Å². The van der Waals surface area contributed by atoms with Crippen LogP contribution in [0.5, 0.6) is 23.0 Å². The van der Waals surface area contributed by atoms with Crippen molar-refractivity contribution in [3.63, 3.8) is 0 Å². The van der Waals surface area contributed by atoms with Gasteiger partial charge in [-0.1, -0.05) is 42.8 Å². The van der Waals surface area contributed by atoms with E-state index < -0.39 is 104 Å². The summed E-state index contributed by atoms with van der Waals surface area (Å²) < 4.78 is 23.4. The number of hydrogen-bond acceptors (Lipinski definition) is 21. The van der Waals surface area contributed by atoms with Crippen LogP contribution in [0, 0.1) is 5.92 Å². The summed E-state index contributed by atoms with van der Waals surface area (Å²) in [4.78, 5) is 137. The maximum Gasteiger partial charge on any atom is 0.339 e. The Hall–Kier alpha value is -11.0. The molecule has 4 aromatic carbocycles. The first-order chi connectivity index (χ1) is 49.8. The number of fused-ring (bicyclic) bond motifs is 6. The third kappa shape index (κ3) is 25.2. The first kappa shape index (κ1) is 80.3. The zero-order chi connectivity index (χ0) is 75.3. The molecule has 33 heteroatoms. The van der Waals surface area contributed by atoms with Crippen LogP contribution < -0.4 is 42.0 Å². The third-order valence-corrected chi connectivity index (χ3v) is 17.2. The number of benzene rings is 4. The molecule has 2 heterocycles. The van der Waals surface area contributed by atoms with Gasteiger partial charge in [0.15, 0.2) is 5.60 Å². The van der Waals surface area contributed by atoms with E-state index in [9.17, 15) is 93.6 Å². The molecule has 0 saturated carbocycles. The molecule has 1 spiro atoms. The van der Waals surface area contributed by atoms with E-state index in [-0.39, 0.29) is 157 Å². The van der Waals surface area contributed by atoms with Gasteiger partial charge in [-0.15, -0.1) is 0 Å². The third-order valence-electron chi connectivity index (χ3n) is 17.2. The van der Waals surface area contributed by atoms with Crippen molar-refractivity contribution in [3.05, 3.63) is 136 Å². The average Bonchev–Trinajstić information content (AvgIpc) is 1.49. The number of aliphatic hydroxyl groups excluding tert-OH is 1. The van der Waals surface area contributed by atoms with E-state index >= 15 is 0 Å². The molecule has 104 heavy (non-hydrogen) atoms. The number of aliphatic hydroxyl groups is 1. The van der Waals surface area contributed by atoms with E-state index in [0.717, 1.165) is 0 Å². The lowest BCUT2D eigenvalue weighted by atomic mass is 9.70. The van der Waals surface area contributed by atoms with E-state index in [1.807, 2.05) is 0 Å². The first-order valence-electron chi connectivity index (χ1n) is 34.0. The minimum absolute atomic E-state index is 0.0175. The van der Waals surface area contributed by atoms with Gasteiger partial charge < -0.3 is 102 Å². The molecule has 0 saturated heterocycles. The Morgan fingerprint density at radius 3 is 1.66 bits per heavy atom. The normalized spacial score (nSPS) is 15.9. The van der Waals surface area contributed by atoms with Gasteiger partial charge in [0, 0.05) is 112 Å². The molecule has 562 valence electrons. The molecule has 7 amide bonds. The van der Waals surface area contributed by atoms with E-state index in [1.54, 1.807) is 48.5 Å². The summed E-state index contributed by atoms with van der Waals surface area (Å²) >= 11 is 0. The number of allylic oxidation sites excluding steroid dienone is 1. The standard InChI is InChI=1S/C71H89N9O24/c81-48-13-16-52-58(37-48)103-59-38-49(82)14-17-53(59)71(52)51-15-12-47(36-50(51)68(98)104-71)76-69(99)75-27-31-102-33-32-101-30-26-74-62(87)22-11-44-9-20-57(84)46(35-44)40-80(42-65(92)93)29-28-79(41-64(90)91)39-45-34-43(8-19-56(45)83)10-21-61(86)73-24-4-1-2-7-60(85)72-25-5-3-6-54(66(94)95)77-70(100)78-55(67(96)97)18-23-63(88)89/h8-9,12-17,19-20,34-38,52,54-55,58,81-84H,1-7,10-11,18,21-33,39-42H2,(H,72,85)(H,73,86)(H,74,87)(H,88,89)(H,90,91)(H,92,93)(H,94,95)(H,96,97)(H2,75,76,99)(H2,77,78,100). The maximum atomic E-state index is 13.5. The highest BCUT2D eigenvalue weighted by Crippen LogP contribution is 2.56. The number of esters is 1. The molecule has 0 bridgehead atoms. The number of carbonyl (C=O) groups excluding carboxylic acids is 6. The molecule has 1 aliphatic carbocycles. The number of hydrogen-bond donors (Lipinski definition) is 16. The number of nitrogens with one attached hydrogen (secondary N) is 7. The molecule has 0 radical (unpaired) electrons. The molecular formula is C71H89N9O24. The summed E-state index contributed by atoms with van der Waals surface area (Å²) in [5.74, 6) is -8.38. The van der Waals surface area contributed by atoms with Crippen LogP contribution >= 0.6 is 0 Å². The predicted octanol–water partition coefficient (Wildman–Crippen LogP) is 3.95. The van der Waals surface area contributed by atoms with E-state index in [0.29, 0.717) is 83.5 Å². The van der Waals surface area contributed by atoms with Crippen LogP contribution in [-0.2, 0) is 84.1 Å². The number of amides is 7. The summed E-state index contributed by atoms with van der Waals surface area (Å²) in [6, 6.07) is 14.4. The Balaban J connectivity index is 0.736. The Labute approximate surface area is 597 Å². The minimum Gasteiger partial charge on any atom is -0.508 e. The number of carboxylic acids is 5. The van der Waals surface area contributed by atoms with Crippen LogP contribution in [0.1, 0.15) is 114 Å². The quantitative estimate of drug-likeness (QED) is 0.0220. The number of anilines is 1. The summed E-state index contributed by atoms with van der Waals surface area (Å²) in [5, 5.41) is 107. The fraction of sp³-hybridized carbons (Fsp3) is 0.451. The van der Waals surface area contributed by atoms with Crippen LogP contribution in [0.4, 0.5) is 15.3 Å². The highest BCUT2D eigenvalue weighted by atomic mass is 16.6. The molecule has 5 atom stereocenters. The monoisotopic (exact) mass is 1450 g/mol. The fourth-order valence-electron chi connectivity index (χ4n) is 12.0. The van der Waals surface area contributed by atoms with Crippen molar-refractivity contribution in [2.24, 2.45) is 5.92 Å². The summed E-state index contributed by atoms with van der Waals surface area (Å²) in [6.07, 6.45) is 6.45. The number of ether oxygens (including phenoxy) is 4. The molecule has 0 aromatic heterocycles. The Bertz CT molecular complexity index is 3790. The molecular weight excluding hydrogens is 1360 g/mol. The summed E-state index contributed by atoms with van der Waals surface area (Å²) in [6.45, 7) is 0.711. The van der Waals surface area contributed by atoms with Crippen LogP contribution in [0.25, 0.3) is 0 Å². The highest BCUT2D eigenvalue weighted by molar-refractivity contribution is 5.99. The van der Waals surface area contributed by atoms with Crippen LogP contribution in [0.15, 0.2) is 96.8 Å². The number of nitrogens with zero attached hydrogens (tertiary/aromatic N) is 2. The number of aromatic hydroxyl groups is 3. The molecule has 3 aliphatic rings. The van der Waals surface area contributed by atoms with Gasteiger partial charge in [0.05, 0.1) is 51.0 Å². The highest BCUT2D eigenvalue weighted by Gasteiger charge is 2.58. The van der Waals surface area contributed by atoms with Gasteiger partial charge in [-0.25, -0.2) is 24.0 Å². The number of phenols is 3. The van der Waals surface area contributed by atoms with Crippen molar-refractivity contribution in [1.29, 1.82) is 0 Å². The molecule has 33 nitrogen and oxygen atoms in total. The smallest absolute Gasteiger partial charge is 0.339 e. The van der Waals surface area contributed by atoms with Gasteiger partial charge in [0.1, 0.15) is 46.9 Å². The number of phenolic OH excluding ortho intramolecular Hbond substituents is 3. The number of unbranched alkanes of at least 4 members (excludes halogenated alkanes) is 3. The largest absolute Gasteiger partial charge is 0.508 e. The number of carbonyl (C=O) groups is 11. The van der Waals surface area contributed by atoms with Gasteiger partial charge in [0.25, 0.3) is 0 Å². The molecule has 0 fully saturated rings. The number of aliphatic carboxylic acids is 5. The van der Waals surface area contributed by atoms with Crippen molar-refractivity contribution in [2.75, 3.05) is 84.1 Å². The van der Waals surface area contributed by atoms with Gasteiger partial charge in [-0.2, -0.15) is 0 Å². The molecule has 5 unspecified atom stereocenters. The summed E-state index contributed by atoms with van der Waals surface area (Å²) in [5.41, 5.74) is 2.40. The van der Waals surface area contributed by atoms with Gasteiger partial charge in [0.2, 0.25) is 17.7 Å². The van der Waals surface area contributed by atoms with E-state index in [2.05, 4.69) is 37.2 Å². The molecule has 4 aromatic rings. The van der Waals surface area contributed by atoms with Crippen LogP contribution in [0.2, 0.25) is 0 Å². The predicted molar refractivity (Wildman–Crippen MR) is 369 cm³/mol. The van der Waals surface area contributed by atoms with Crippen molar-refractivity contribution in [1.82, 2.24) is 41.7 Å². The van der Waals surface area contributed by atoms with Gasteiger partial charge in [-0.3, -0.25) is 38.6 Å². The number of rotatable bonds is 45. The van der Waals surface area contributed by atoms with Gasteiger partial charge >= 0.3 is 47.9 Å². The second kappa shape index (κ2) is 40.0. The van der Waals surface area contributed by atoms with Crippen LogP contribution in [-0.4, -0.2) is 218 Å². The Kier molecular flexibility index (Phi) is 30.9. The van der Waals surface area contributed by atoms with E-state index in [1.165, 1.54) is 52.3 Å². The number of urea groups is 2. The van der Waals surface area contributed by atoms with Crippen molar-refractivity contribution in [3.8, 4) is 23.0 Å².